The van der Waals surface area contributed by atoms with Crippen LogP contribution in [0.1, 0.15) is 19.3 Å². The second-order valence-electron chi connectivity index (χ2n) is 6.18. The first-order chi connectivity index (χ1) is 11.9. The molecule has 0 saturated heterocycles. The smallest absolute Gasteiger partial charge is 0.107 e. The van der Waals surface area contributed by atoms with Crippen LogP contribution < -0.4 is 10.6 Å². The van der Waals surface area contributed by atoms with Crippen LogP contribution in [0.2, 0.25) is 0 Å². The maximum Gasteiger partial charge on any atom is 0.107 e. The number of methoxy groups -OCH3 is 1. The van der Waals surface area contributed by atoms with Gasteiger partial charge in [0.25, 0.3) is 0 Å². The Kier molecular flexibility index (Phi) is 6.01. The monoisotopic (exact) mass is 337 g/mol. The second kappa shape index (κ2) is 8.42. The Bertz CT molecular complexity index is 649. The summed E-state index contributed by atoms with van der Waals surface area (Å²) in [4.78, 5) is 0. The lowest BCUT2D eigenvalue weighted by molar-refractivity contribution is 0.200. The molecule has 1 nitrogen and oxygen atoms in total. The number of rotatable bonds is 7. The fraction of sp³-hybridized carbons (Fsp3) is 0.273. The van der Waals surface area contributed by atoms with Gasteiger partial charge in [-0.1, -0.05) is 48.6 Å². The van der Waals surface area contributed by atoms with E-state index in [1.54, 1.807) is 12.4 Å². The molecule has 2 aromatic carbocycles. The fourth-order valence-corrected chi connectivity index (χ4v) is 8.18. The van der Waals surface area contributed by atoms with Crippen molar-refractivity contribution in [3.05, 3.63) is 84.2 Å². The fourth-order valence-electron chi connectivity index (χ4n) is 3.60. The van der Waals surface area contributed by atoms with Crippen LogP contribution in [0.5, 0.6) is 0 Å². The molecule has 0 aliphatic heterocycles. The van der Waals surface area contributed by atoms with Gasteiger partial charge in [0.05, 0.1) is 11.5 Å². The van der Waals surface area contributed by atoms with Crippen molar-refractivity contribution >= 4 is 17.9 Å². The average Bonchev–Trinajstić information content (AvgIpc) is 2.68. The van der Waals surface area contributed by atoms with E-state index in [2.05, 4.69) is 78.9 Å². The summed E-state index contributed by atoms with van der Waals surface area (Å²) < 4.78 is 5.38. The number of hydrogen-bond acceptors (Lipinski definition) is 1. The number of ether oxygens (including phenoxy) is 1. The van der Waals surface area contributed by atoms with Crippen molar-refractivity contribution in [2.75, 3.05) is 19.9 Å². The van der Waals surface area contributed by atoms with Crippen molar-refractivity contribution in [3.63, 3.8) is 0 Å². The summed E-state index contributed by atoms with van der Waals surface area (Å²) in [6, 6.07) is 22.3. The van der Waals surface area contributed by atoms with E-state index in [4.69, 9.17) is 4.74 Å². The Labute approximate surface area is 146 Å². The third-order valence-corrected chi connectivity index (χ3v) is 9.42. The van der Waals surface area contributed by atoms with Gasteiger partial charge in [0.15, 0.2) is 0 Å². The zero-order chi connectivity index (χ0) is 16.7. The minimum absolute atomic E-state index is 0.824. The summed E-state index contributed by atoms with van der Waals surface area (Å²) in [7, 11) is 0.223. The van der Waals surface area contributed by atoms with Gasteiger partial charge < -0.3 is 4.74 Å². The molecule has 0 heterocycles. The van der Waals surface area contributed by atoms with Gasteiger partial charge in [0.2, 0.25) is 0 Å². The molecule has 2 heteroatoms. The molecule has 0 unspecified atom stereocenters. The lowest BCUT2D eigenvalue weighted by atomic mass is 10.2. The number of benzene rings is 2. The Morgan fingerprint density at radius 3 is 2.04 bits per heavy atom. The molecule has 24 heavy (non-hydrogen) atoms. The predicted octanol–water partition coefficient (Wildman–Crippen LogP) is 4.93. The Balaban J connectivity index is 2.15. The van der Waals surface area contributed by atoms with Crippen molar-refractivity contribution in [2.24, 2.45) is 0 Å². The molecule has 2 aromatic rings. The first-order valence-electron chi connectivity index (χ1n) is 8.72. The summed E-state index contributed by atoms with van der Waals surface area (Å²) in [5.74, 6) is 0. The summed E-state index contributed by atoms with van der Waals surface area (Å²) in [6.07, 6.45) is 11.5. The summed E-state index contributed by atoms with van der Waals surface area (Å²) in [5.41, 5.74) is 0. The van der Waals surface area contributed by atoms with Gasteiger partial charge >= 0.3 is 0 Å². The van der Waals surface area contributed by atoms with Crippen LogP contribution in [0.4, 0.5) is 0 Å². The van der Waals surface area contributed by atoms with Crippen molar-refractivity contribution in [1.82, 2.24) is 0 Å². The van der Waals surface area contributed by atoms with Crippen LogP contribution in [0.15, 0.2) is 84.2 Å². The molecule has 0 saturated carbocycles. The molecular formula is C22H26OP+. The maximum absolute atomic E-state index is 5.38. The number of allylic oxidation sites excluding steroid dienone is 4. The minimum Gasteiger partial charge on any atom is -0.385 e. The second-order valence-corrected chi connectivity index (χ2v) is 9.85. The topological polar surface area (TPSA) is 9.23 Å². The molecule has 0 bridgehead atoms. The van der Waals surface area contributed by atoms with Crippen LogP contribution >= 0.6 is 7.26 Å². The molecule has 3 rings (SSSR count). The Hall–Kier alpha value is -1.69. The van der Waals surface area contributed by atoms with Crippen LogP contribution in [-0.4, -0.2) is 19.9 Å². The third-order valence-electron chi connectivity index (χ3n) is 4.72. The van der Waals surface area contributed by atoms with Crippen LogP contribution in [0.3, 0.4) is 0 Å². The highest BCUT2D eigenvalue weighted by molar-refractivity contribution is 7.93. The summed E-state index contributed by atoms with van der Waals surface area (Å²) in [6.45, 7) is 0.824. The van der Waals surface area contributed by atoms with E-state index < -0.39 is 7.26 Å². The summed E-state index contributed by atoms with van der Waals surface area (Å²) >= 11 is 0. The molecule has 0 atom stereocenters. The Morgan fingerprint density at radius 2 is 1.54 bits per heavy atom. The highest BCUT2D eigenvalue weighted by atomic mass is 31.2. The molecule has 0 spiro atoms. The largest absolute Gasteiger partial charge is 0.385 e. The van der Waals surface area contributed by atoms with Crippen LogP contribution in [0.25, 0.3) is 0 Å². The van der Waals surface area contributed by atoms with E-state index in [1.807, 2.05) is 0 Å². The normalized spacial score (nSPS) is 14.5. The van der Waals surface area contributed by atoms with E-state index in [-0.39, 0.29) is 0 Å². The zero-order valence-electron chi connectivity index (χ0n) is 14.4. The van der Waals surface area contributed by atoms with Gasteiger partial charge in [-0.05, 0) is 36.8 Å². The highest BCUT2D eigenvalue weighted by Gasteiger charge is 2.46. The van der Waals surface area contributed by atoms with Gasteiger partial charge in [-0.25, -0.2) is 0 Å². The zero-order valence-corrected chi connectivity index (χ0v) is 15.3. The van der Waals surface area contributed by atoms with Crippen LogP contribution in [-0.2, 0) is 4.74 Å². The maximum atomic E-state index is 5.38. The van der Waals surface area contributed by atoms with E-state index in [9.17, 15) is 0 Å². The molecule has 0 amide bonds. The number of hydrogen-bond donors (Lipinski definition) is 0. The van der Waals surface area contributed by atoms with Crippen molar-refractivity contribution in [2.45, 2.75) is 19.3 Å². The Morgan fingerprint density at radius 1 is 0.917 bits per heavy atom. The molecule has 0 aromatic heterocycles. The predicted molar refractivity (Wildman–Crippen MR) is 107 cm³/mol. The van der Waals surface area contributed by atoms with Crippen molar-refractivity contribution in [3.8, 4) is 0 Å². The molecule has 124 valence electrons. The lowest BCUT2D eigenvalue weighted by Crippen LogP contribution is -2.27. The standard InChI is InChI=1S/C22H26OP/c1-23-18-11-19-24(20-12-5-2-6-13-20,21-14-7-3-8-15-21)22-16-9-4-10-17-22/h2-9,12-16H,10-11,17-19H2,1H3/q+1. The van der Waals surface area contributed by atoms with E-state index in [1.165, 1.54) is 23.2 Å². The summed E-state index contributed by atoms with van der Waals surface area (Å²) in [5, 5.41) is 4.61. The van der Waals surface area contributed by atoms with E-state index in [0.717, 1.165) is 19.4 Å². The molecule has 1 aliphatic rings. The molecular weight excluding hydrogens is 311 g/mol. The minimum atomic E-state index is -1.58. The lowest BCUT2D eigenvalue weighted by Gasteiger charge is -2.30. The van der Waals surface area contributed by atoms with Gasteiger partial charge in [0, 0.05) is 26.6 Å². The van der Waals surface area contributed by atoms with Crippen molar-refractivity contribution in [1.29, 1.82) is 0 Å². The third kappa shape index (κ3) is 3.53. The average molecular weight is 337 g/mol. The molecule has 0 radical (unpaired) electrons. The highest BCUT2D eigenvalue weighted by Crippen LogP contribution is 2.65. The van der Waals surface area contributed by atoms with Gasteiger partial charge in [-0.15, -0.1) is 0 Å². The molecule has 0 N–H and O–H groups in total. The van der Waals surface area contributed by atoms with E-state index in [0.29, 0.717) is 0 Å². The van der Waals surface area contributed by atoms with Crippen molar-refractivity contribution < 1.29 is 4.74 Å². The first kappa shape index (κ1) is 17.1. The quantitative estimate of drug-likeness (QED) is 0.514. The molecule has 0 fully saturated rings. The van der Waals surface area contributed by atoms with E-state index >= 15 is 0 Å². The van der Waals surface area contributed by atoms with Gasteiger partial charge in [-0.3, -0.25) is 0 Å². The van der Waals surface area contributed by atoms with Crippen LogP contribution in [0, 0.1) is 0 Å². The van der Waals surface area contributed by atoms with Gasteiger partial charge in [-0.2, -0.15) is 0 Å². The first-order valence-corrected chi connectivity index (χ1v) is 10.7. The molecule has 1 aliphatic carbocycles. The van der Waals surface area contributed by atoms with Gasteiger partial charge in [0.1, 0.15) is 17.9 Å². The SMILES string of the molecule is COCCC[P+](C1=CC=CCC1)(c1ccccc1)c1ccccc1.